The summed E-state index contributed by atoms with van der Waals surface area (Å²) in [5.74, 6) is -0.162. The van der Waals surface area contributed by atoms with Crippen molar-refractivity contribution < 1.29 is 9.18 Å². The van der Waals surface area contributed by atoms with Gasteiger partial charge in [-0.2, -0.15) is 0 Å². The third-order valence-electron chi connectivity index (χ3n) is 2.25. The molecule has 1 aliphatic rings. The van der Waals surface area contributed by atoms with Crippen LogP contribution in [0, 0.1) is 0 Å². The molecule has 3 heteroatoms. The molecule has 0 aliphatic carbocycles. The van der Waals surface area contributed by atoms with Crippen LogP contribution in [-0.2, 0) is 6.42 Å². The lowest BCUT2D eigenvalue weighted by atomic mass is 9.96. The van der Waals surface area contributed by atoms with E-state index >= 15 is 0 Å². The molecule has 0 fully saturated rings. The zero-order valence-electron chi connectivity index (χ0n) is 7.09. The van der Waals surface area contributed by atoms with E-state index in [1.807, 2.05) is 18.2 Å². The lowest BCUT2D eigenvalue weighted by molar-refractivity contribution is 0.0917. The number of carbonyl (C=O) groups excluding carboxylic acids is 1. The van der Waals surface area contributed by atoms with Gasteiger partial charge in [-0.1, -0.05) is 18.2 Å². The number of rotatable bonds is 1. The van der Waals surface area contributed by atoms with Crippen molar-refractivity contribution in [2.24, 2.45) is 0 Å². The second-order valence-electron chi connectivity index (χ2n) is 3.19. The van der Waals surface area contributed by atoms with Crippen molar-refractivity contribution in [3.05, 3.63) is 35.4 Å². The van der Waals surface area contributed by atoms with Gasteiger partial charge in [0.15, 0.2) is 0 Å². The Morgan fingerprint density at radius 2 is 2.23 bits per heavy atom. The van der Waals surface area contributed by atoms with E-state index in [-0.39, 0.29) is 11.9 Å². The molecule has 1 aromatic carbocycles. The van der Waals surface area contributed by atoms with Crippen molar-refractivity contribution in [2.45, 2.75) is 12.5 Å². The van der Waals surface area contributed by atoms with Crippen molar-refractivity contribution in [3.63, 3.8) is 0 Å². The maximum atomic E-state index is 12.3. The molecule has 1 unspecified atom stereocenters. The zero-order chi connectivity index (χ0) is 9.26. The summed E-state index contributed by atoms with van der Waals surface area (Å²) in [5.41, 5.74) is 1.61. The van der Waals surface area contributed by atoms with Gasteiger partial charge in [-0.15, -0.1) is 0 Å². The van der Waals surface area contributed by atoms with Crippen molar-refractivity contribution in [2.75, 3.05) is 6.67 Å². The van der Waals surface area contributed by atoms with Gasteiger partial charge in [0.25, 0.3) is 5.91 Å². The van der Waals surface area contributed by atoms with E-state index in [1.54, 1.807) is 6.07 Å². The zero-order valence-corrected chi connectivity index (χ0v) is 7.09. The predicted octanol–water partition coefficient (Wildman–Crippen LogP) is 1.31. The summed E-state index contributed by atoms with van der Waals surface area (Å²) in [6, 6.07) is 6.97. The standard InChI is InChI=1S/C10H10FNO/c11-6-8-5-7-3-1-2-4-9(7)10(13)12-8/h1-4,8H,5-6H2,(H,12,13). The molecule has 1 amide bonds. The van der Waals surface area contributed by atoms with Gasteiger partial charge >= 0.3 is 0 Å². The maximum absolute atomic E-state index is 12.3. The van der Waals surface area contributed by atoms with Crippen LogP contribution in [0.15, 0.2) is 24.3 Å². The molecule has 1 N–H and O–H groups in total. The van der Waals surface area contributed by atoms with Gasteiger partial charge in [0.05, 0.1) is 6.04 Å². The summed E-state index contributed by atoms with van der Waals surface area (Å²) < 4.78 is 12.3. The van der Waals surface area contributed by atoms with Crippen LogP contribution in [-0.4, -0.2) is 18.6 Å². The lowest BCUT2D eigenvalue weighted by Crippen LogP contribution is -2.42. The normalized spacial score (nSPS) is 20.7. The van der Waals surface area contributed by atoms with Gasteiger partial charge in [0.2, 0.25) is 0 Å². The molecule has 13 heavy (non-hydrogen) atoms. The molecule has 0 radical (unpaired) electrons. The van der Waals surface area contributed by atoms with Gasteiger partial charge in [0, 0.05) is 5.56 Å². The molecule has 0 saturated heterocycles. The van der Waals surface area contributed by atoms with Gasteiger partial charge in [-0.25, -0.2) is 4.39 Å². The van der Waals surface area contributed by atoms with Gasteiger partial charge < -0.3 is 5.32 Å². The average Bonchev–Trinajstić information content (AvgIpc) is 2.18. The fourth-order valence-electron chi connectivity index (χ4n) is 1.59. The first-order valence-corrected chi connectivity index (χ1v) is 4.26. The van der Waals surface area contributed by atoms with Crippen molar-refractivity contribution in [1.82, 2.24) is 5.32 Å². The van der Waals surface area contributed by atoms with Crippen LogP contribution in [0.25, 0.3) is 0 Å². The fraction of sp³-hybridized carbons (Fsp3) is 0.300. The summed E-state index contributed by atoms with van der Waals surface area (Å²) >= 11 is 0. The van der Waals surface area contributed by atoms with E-state index in [9.17, 15) is 9.18 Å². The molecule has 1 atom stereocenters. The molecule has 1 aromatic rings. The van der Waals surface area contributed by atoms with Crippen LogP contribution in [0.1, 0.15) is 15.9 Å². The molecule has 2 rings (SSSR count). The maximum Gasteiger partial charge on any atom is 0.251 e. The quantitative estimate of drug-likeness (QED) is 0.692. The van der Waals surface area contributed by atoms with Crippen LogP contribution >= 0.6 is 0 Å². The van der Waals surface area contributed by atoms with Crippen molar-refractivity contribution >= 4 is 5.91 Å². The molecular formula is C10H10FNO. The molecular weight excluding hydrogens is 169 g/mol. The molecule has 68 valence electrons. The summed E-state index contributed by atoms with van der Waals surface area (Å²) in [6.45, 7) is -0.500. The van der Waals surface area contributed by atoms with Crippen LogP contribution in [0.5, 0.6) is 0 Å². The summed E-state index contributed by atoms with van der Waals surface area (Å²) in [4.78, 5) is 11.4. The minimum atomic E-state index is -0.500. The smallest absolute Gasteiger partial charge is 0.251 e. The average molecular weight is 179 g/mol. The number of carbonyl (C=O) groups is 1. The number of halogens is 1. The first kappa shape index (κ1) is 8.23. The van der Waals surface area contributed by atoms with Crippen LogP contribution in [0.3, 0.4) is 0 Å². The largest absolute Gasteiger partial charge is 0.346 e. The van der Waals surface area contributed by atoms with E-state index in [4.69, 9.17) is 0 Å². The van der Waals surface area contributed by atoms with E-state index in [2.05, 4.69) is 5.32 Å². The van der Waals surface area contributed by atoms with E-state index in [0.29, 0.717) is 12.0 Å². The SMILES string of the molecule is O=C1NC(CF)Cc2ccccc21. The Morgan fingerprint density at radius 3 is 3.00 bits per heavy atom. The Morgan fingerprint density at radius 1 is 1.46 bits per heavy atom. The highest BCUT2D eigenvalue weighted by Crippen LogP contribution is 2.16. The van der Waals surface area contributed by atoms with Gasteiger partial charge in [-0.3, -0.25) is 4.79 Å². The van der Waals surface area contributed by atoms with Gasteiger partial charge in [0.1, 0.15) is 6.67 Å². The van der Waals surface area contributed by atoms with E-state index in [0.717, 1.165) is 5.56 Å². The minimum absolute atomic E-state index is 0.162. The molecule has 0 bridgehead atoms. The first-order valence-electron chi connectivity index (χ1n) is 4.26. The highest BCUT2D eigenvalue weighted by Gasteiger charge is 2.22. The Kier molecular flexibility index (Phi) is 2.00. The first-order chi connectivity index (χ1) is 6.31. The Hall–Kier alpha value is -1.38. The minimum Gasteiger partial charge on any atom is -0.346 e. The van der Waals surface area contributed by atoms with Crippen LogP contribution in [0.4, 0.5) is 4.39 Å². The number of fused-ring (bicyclic) bond motifs is 1. The molecule has 1 heterocycles. The van der Waals surface area contributed by atoms with E-state index < -0.39 is 6.67 Å². The number of benzene rings is 1. The summed E-state index contributed by atoms with van der Waals surface area (Å²) in [6.07, 6.45) is 0.596. The number of alkyl halides is 1. The van der Waals surface area contributed by atoms with Crippen molar-refractivity contribution in [1.29, 1.82) is 0 Å². The lowest BCUT2D eigenvalue weighted by Gasteiger charge is -2.22. The highest BCUT2D eigenvalue weighted by atomic mass is 19.1. The molecule has 0 saturated carbocycles. The summed E-state index contributed by atoms with van der Waals surface area (Å²) in [7, 11) is 0. The third kappa shape index (κ3) is 1.41. The number of hydrogen-bond donors (Lipinski definition) is 1. The second kappa shape index (κ2) is 3.17. The fourth-order valence-corrected chi connectivity index (χ4v) is 1.59. The number of amides is 1. The highest BCUT2D eigenvalue weighted by molar-refractivity contribution is 5.96. The Balaban J connectivity index is 2.37. The predicted molar refractivity (Wildman–Crippen MR) is 47.4 cm³/mol. The van der Waals surface area contributed by atoms with Crippen molar-refractivity contribution in [3.8, 4) is 0 Å². The molecule has 1 aliphatic heterocycles. The van der Waals surface area contributed by atoms with Crippen LogP contribution in [0.2, 0.25) is 0 Å². The molecule has 2 nitrogen and oxygen atoms in total. The molecule has 0 spiro atoms. The number of nitrogens with one attached hydrogen (secondary N) is 1. The van der Waals surface area contributed by atoms with Gasteiger partial charge in [-0.05, 0) is 18.1 Å². The number of hydrogen-bond acceptors (Lipinski definition) is 1. The Labute approximate surface area is 75.8 Å². The summed E-state index contributed by atoms with van der Waals surface area (Å²) in [5, 5.41) is 2.61. The second-order valence-corrected chi connectivity index (χ2v) is 3.19. The Bertz CT molecular complexity index is 337. The molecule has 0 aromatic heterocycles. The third-order valence-corrected chi connectivity index (χ3v) is 2.25. The topological polar surface area (TPSA) is 29.1 Å². The van der Waals surface area contributed by atoms with Crippen LogP contribution < -0.4 is 5.32 Å². The van der Waals surface area contributed by atoms with E-state index in [1.165, 1.54) is 0 Å². The monoisotopic (exact) mass is 179 g/mol.